The van der Waals surface area contributed by atoms with Crippen molar-refractivity contribution in [3.63, 3.8) is 0 Å². The summed E-state index contributed by atoms with van der Waals surface area (Å²) < 4.78 is 5.31. The number of carbonyl (C=O) groups is 1. The largest absolute Gasteiger partial charge is 0.446 e. The molecule has 1 aliphatic rings. The summed E-state index contributed by atoms with van der Waals surface area (Å²) in [7, 11) is 0. The van der Waals surface area contributed by atoms with Gasteiger partial charge in [0.1, 0.15) is 10.7 Å². The number of halogens is 1. The predicted molar refractivity (Wildman–Crippen MR) is 89.5 cm³/mol. The van der Waals surface area contributed by atoms with Crippen LogP contribution < -0.4 is 10.2 Å². The van der Waals surface area contributed by atoms with E-state index in [4.69, 9.17) is 28.6 Å². The number of ether oxygens (including phenoxy) is 1. The highest BCUT2D eigenvalue weighted by Gasteiger charge is 2.38. The third-order valence-corrected chi connectivity index (χ3v) is 4.03. The summed E-state index contributed by atoms with van der Waals surface area (Å²) >= 11 is 13.1. The van der Waals surface area contributed by atoms with Crippen LogP contribution in [0.4, 0.5) is 16.2 Å². The van der Waals surface area contributed by atoms with Crippen molar-refractivity contribution < 1.29 is 9.53 Å². The van der Waals surface area contributed by atoms with Crippen molar-refractivity contribution in [2.45, 2.75) is 26.0 Å². The maximum absolute atomic E-state index is 12.5. The Labute approximate surface area is 137 Å². The van der Waals surface area contributed by atoms with Gasteiger partial charge in [0.15, 0.2) is 5.15 Å². The van der Waals surface area contributed by atoms with Crippen LogP contribution in [-0.2, 0) is 4.74 Å². The van der Waals surface area contributed by atoms with E-state index in [-0.39, 0.29) is 17.3 Å². The Morgan fingerprint density at radius 2 is 2.38 bits per heavy atom. The first-order valence-electron chi connectivity index (χ1n) is 6.26. The van der Waals surface area contributed by atoms with Crippen molar-refractivity contribution in [2.75, 3.05) is 22.2 Å². The van der Waals surface area contributed by atoms with E-state index in [0.29, 0.717) is 22.1 Å². The Balaban J connectivity index is 2.48. The smallest absolute Gasteiger partial charge is 0.415 e. The topological polar surface area (TPSA) is 67.4 Å². The number of nitrogens with zero attached hydrogens (tertiary/aromatic N) is 3. The van der Waals surface area contributed by atoms with Crippen LogP contribution in [-0.4, -0.2) is 45.4 Å². The van der Waals surface area contributed by atoms with Gasteiger partial charge in [-0.05, 0) is 20.1 Å². The highest BCUT2D eigenvalue weighted by atomic mass is 35.5. The summed E-state index contributed by atoms with van der Waals surface area (Å²) in [6, 6.07) is -0.338. The van der Waals surface area contributed by atoms with Crippen LogP contribution in [0.15, 0.2) is 6.20 Å². The van der Waals surface area contributed by atoms with Gasteiger partial charge in [0.2, 0.25) is 0 Å². The molecule has 21 heavy (non-hydrogen) atoms. The highest BCUT2D eigenvalue weighted by Crippen LogP contribution is 2.37. The molecule has 0 saturated carbocycles. The molecule has 1 unspecified atom stereocenters. The number of thioether (sulfide) groups is 1. The van der Waals surface area contributed by atoms with Crippen LogP contribution in [0.5, 0.6) is 0 Å². The van der Waals surface area contributed by atoms with E-state index < -0.39 is 6.09 Å². The Kier molecular flexibility index (Phi) is 5.23. The van der Waals surface area contributed by atoms with Gasteiger partial charge in [-0.25, -0.2) is 4.79 Å². The molecule has 1 amide bonds. The van der Waals surface area contributed by atoms with Gasteiger partial charge in [-0.2, -0.15) is 16.9 Å². The van der Waals surface area contributed by atoms with Crippen LogP contribution in [0.25, 0.3) is 0 Å². The summed E-state index contributed by atoms with van der Waals surface area (Å²) in [5.41, 5.74) is 1.00. The van der Waals surface area contributed by atoms with Crippen molar-refractivity contribution in [3.8, 4) is 0 Å². The molecule has 2 heterocycles. The molecule has 0 aliphatic carbocycles. The lowest BCUT2D eigenvalue weighted by molar-refractivity contribution is 0.122. The summed E-state index contributed by atoms with van der Waals surface area (Å²) in [6.45, 7) is 3.57. The first-order chi connectivity index (χ1) is 9.95. The highest BCUT2D eigenvalue weighted by molar-refractivity contribution is 7.98. The number of carbonyl (C=O) groups excluding carboxylic acids is 1. The van der Waals surface area contributed by atoms with Gasteiger partial charge in [-0.3, -0.25) is 4.90 Å². The van der Waals surface area contributed by atoms with Crippen LogP contribution >= 0.6 is 35.6 Å². The van der Waals surface area contributed by atoms with E-state index in [1.54, 1.807) is 25.6 Å². The van der Waals surface area contributed by atoms with Gasteiger partial charge >= 0.3 is 6.09 Å². The number of aromatic nitrogens is 2. The Hall–Kier alpha value is -1.12. The second kappa shape index (κ2) is 6.76. The maximum Gasteiger partial charge on any atom is 0.415 e. The summed E-state index contributed by atoms with van der Waals surface area (Å²) in [4.78, 5) is 14.4. The molecule has 0 saturated heterocycles. The third kappa shape index (κ3) is 3.38. The molecule has 0 bridgehead atoms. The number of anilines is 2. The van der Waals surface area contributed by atoms with Crippen LogP contribution in [0.2, 0.25) is 5.15 Å². The van der Waals surface area contributed by atoms with E-state index in [9.17, 15) is 4.79 Å². The molecule has 1 aromatic rings. The fourth-order valence-electron chi connectivity index (χ4n) is 1.95. The molecular weight excluding hydrogens is 332 g/mol. The van der Waals surface area contributed by atoms with E-state index >= 15 is 0 Å². The molecule has 0 radical (unpaired) electrons. The van der Waals surface area contributed by atoms with Gasteiger partial charge in [-0.1, -0.05) is 23.8 Å². The third-order valence-electron chi connectivity index (χ3n) is 2.75. The minimum Gasteiger partial charge on any atom is -0.446 e. The summed E-state index contributed by atoms with van der Waals surface area (Å²) in [5.74, 6) is 0.622. The zero-order chi connectivity index (χ0) is 15.6. The van der Waals surface area contributed by atoms with Gasteiger partial charge in [0, 0.05) is 5.75 Å². The van der Waals surface area contributed by atoms with Gasteiger partial charge in [-0.15, -0.1) is 5.10 Å². The maximum atomic E-state index is 12.5. The molecular formula is C12H15ClN4O2S2. The number of hydrogen-bond acceptors (Lipinski definition) is 6. The lowest BCUT2D eigenvalue weighted by Crippen LogP contribution is -2.52. The lowest BCUT2D eigenvalue weighted by Gasteiger charge is -2.37. The number of rotatable bonds is 3. The number of thiocarbonyl (C=S) groups is 1. The quantitative estimate of drug-likeness (QED) is 0.844. The zero-order valence-electron chi connectivity index (χ0n) is 11.8. The van der Waals surface area contributed by atoms with E-state index in [1.807, 2.05) is 6.26 Å². The summed E-state index contributed by atoms with van der Waals surface area (Å²) in [6.07, 6.45) is 2.69. The number of fused-ring (bicyclic) bond motifs is 1. The van der Waals surface area contributed by atoms with Crippen molar-refractivity contribution in [2.24, 2.45) is 0 Å². The van der Waals surface area contributed by atoms with E-state index in [0.717, 1.165) is 0 Å². The minimum absolute atomic E-state index is 0.134. The predicted octanol–water partition coefficient (Wildman–Crippen LogP) is 2.97. The van der Waals surface area contributed by atoms with Crippen LogP contribution in [0.3, 0.4) is 0 Å². The first-order valence-corrected chi connectivity index (χ1v) is 8.44. The second-order valence-corrected chi connectivity index (χ2v) is 6.37. The number of nitrogens with one attached hydrogen (secondary N) is 1. The average Bonchev–Trinajstić information content (AvgIpc) is 2.39. The summed E-state index contributed by atoms with van der Waals surface area (Å²) in [5, 5.41) is 10.8. The molecule has 0 aromatic carbocycles. The minimum atomic E-state index is -0.496. The Morgan fingerprint density at radius 1 is 1.67 bits per heavy atom. The molecule has 1 aromatic heterocycles. The molecule has 6 nitrogen and oxygen atoms in total. The number of amides is 1. The van der Waals surface area contributed by atoms with Crippen LogP contribution in [0.1, 0.15) is 13.8 Å². The van der Waals surface area contributed by atoms with E-state index in [2.05, 4.69) is 15.5 Å². The molecule has 0 spiro atoms. The van der Waals surface area contributed by atoms with Crippen LogP contribution in [0, 0.1) is 0 Å². The standard InChI is InChI=1S/C12H15ClN4O2S2/c1-6(2)19-12(18)17-8(5-21-3)11(20)15-7-4-14-16-10(13)9(7)17/h4,6,8H,5H2,1-3H3,(H,15,20). The fourth-order valence-corrected chi connectivity index (χ4v) is 3.22. The molecule has 1 aliphatic heterocycles. The normalized spacial score (nSPS) is 17.5. The Bertz CT molecular complexity index is 570. The second-order valence-electron chi connectivity index (χ2n) is 4.66. The van der Waals surface area contributed by atoms with Gasteiger partial charge < -0.3 is 10.1 Å². The first kappa shape index (κ1) is 16.3. The van der Waals surface area contributed by atoms with Crippen molar-refractivity contribution >= 4 is 58.0 Å². The molecule has 1 N–H and O–H groups in total. The zero-order valence-corrected chi connectivity index (χ0v) is 14.2. The SMILES string of the molecule is CSCC1C(=S)Nc2cnnc(Cl)c2N1C(=O)OC(C)C. The monoisotopic (exact) mass is 346 g/mol. The molecule has 1 atom stereocenters. The lowest BCUT2D eigenvalue weighted by atomic mass is 10.2. The molecule has 9 heteroatoms. The van der Waals surface area contributed by atoms with Crippen molar-refractivity contribution in [1.82, 2.24) is 10.2 Å². The fraction of sp³-hybridized carbons (Fsp3) is 0.500. The van der Waals surface area contributed by atoms with Crippen molar-refractivity contribution in [3.05, 3.63) is 11.3 Å². The molecule has 0 fully saturated rings. The molecule has 114 valence electrons. The average molecular weight is 347 g/mol. The number of hydrogen-bond donors (Lipinski definition) is 1. The Morgan fingerprint density at radius 3 is 3.00 bits per heavy atom. The van der Waals surface area contributed by atoms with Gasteiger partial charge in [0.25, 0.3) is 0 Å². The van der Waals surface area contributed by atoms with Crippen molar-refractivity contribution in [1.29, 1.82) is 0 Å². The van der Waals surface area contributed by atoms with E-state index in [1.165, 1.54) is 11.1 Å². The molecule has 2 rings (SSSR count). The van der Waals surface area contributed by atoms with Gasteiger partial charge in [0.05, 0.1) is 24.0 Å².